The van der Waals surface area contributed by atoms with Gasteiger partial charge in [-0.15, -0.1) is 0 Å². The van der Waals surface area contributed by atoms with Crippen LogP contribution in [0.2, 0.25) is 0 Å². The van der Waals surface area contributed by atoms with Crippen molar-refractivity contribution >= 4 is 40.7 Å². The molecule has 0 saturated carbocycles. The number of nitrogens with one attached hydrogen (secondary N) is 2. The quantitative estimate of drug-likeness (QED) is 0.665. The first-order valence-corrected chi connectivity index (χ1v) is 6.09. The number of amides is 1. The van der Waals surface area contributed by atoms with Crippen molar-refractivity contribution in [3.63, 3.8) is 0 Å². The topological polar surface area (TPSA) is 41.1 Å². The van der Waals surface area contributed by atoms with Gasteiger partial charge in [0.2, 0.25) is 3.79 Å². The minimum Gasteiger partial charge on any atom is -0.333 e. The number of alkyl halides is 3. The monoisotopic (exact) mass is 294 g/mol. The molecule has 0 unspecified atom stereocenters. The Morgan fingerprint density at radius 1 is 1.24 bits per heavy atom. The second kappa shape index (κ2) is 5.91. The zero-order chi connectivity index (χ0) is 13.1. The fourth-order valence-corrected chi connectivity index (χ4v) is 1.73. The van der Waals surface area contributed by atoms with Crippen molar-refractivity contribution in [1.29, 1.82) is 0 Å². The maximum Gasteiger partial charge on any atom is 0.252 e. The van der Waals surface area contributed by atoms with Gasteiger partial charge in [-0.05, 0) is 26.1 Å². The van der Waals surface area contributed by atoms with E-state index < -0.39 is 9.96 Å². The Morgan fingerprint density at radius 3 is 2.18 bits per heavy atom. The molecule has 17 heavy (non-hydrogen) atoms. The number of rotatable bonds is 3. The summed E-state index contributed by atoms with van der Waals surface area (Å²) in [4.78, 5) is 11.8. The molecule has 1 aromatic rings. The summed E-state index contributed by atoms with van der Waals surface area (Å²) in [5.41, 5.74) is 1.60. The molecule has 0 aromatic heterocycles. The summed E-state index contributed by atoms with van der Waals surface area (Å²) in [7, 11) is 1.60. The molecule has 6 heteroatoms. The van der Waals surface area contributed by atoms with Crippen molar-refractivity contribution < 1.29 is 4.79 Å². The maximum absolute atomic E-state index is 11.8. The number of carbonyl (C=O) groups is 1. The van der Waals surface area contributed by atoms with Crippen molar-refractivity contribution in [1.82, 2.24) is 10.6 Å². The fraction of sp³-hybridized carbons (Fsp3) is 0.364. The van der Waals surface area contributed by atoms with E-state index in [0.717, 1.165) is 5.56 Å². The molecule has 0 saturated heterocycles. The van der Waals surface area contributed by atoms with Crippen molar-refractivity contribution in [2.45, 2.75) is 16.9 Å². The molecular weight excluding hydrogens is 282 g/mol. The van der Waals surface area contributed by atoms with Gasteiger partial charge in [0.05, 0.1) is 0 Å². The molecule has 94 valence electrons. The number of hydrogen-bond acceptors (Lipinski definition) is 2. The highest BCUT2D eigenvalue weighted by atomic mass is 35.6. The van der Waals surface area contributed by atoms with Crippen LogP contribution in [0.25, 0.3) is 0 Å². The van der Waals surface area contributed by atoms with Gasteiger partial charge in [0.1, 0.15) is 6.17 Å². The Balaban J connectivity index is 2.75. The van der Waals surface area contributed by atoms with Crippen molar-refractivity contribution in [3.8, 4) is 0 Å². The van der Waals surface area contributed by atoms with E-state index in [-0.39, 0.29) is 5.91 Å². The highest BCUT2D eigenvalue weighted by Crippen LogP contribution is 2.28. The summed E-state index contributed by atoms with van der Waals surface area (Å²) in [5, 5.41) is 5.32. The molecule has 3 nitrogen and oxygen atoms in total. The number of aryl methyl sites for hydroxylation is 1. The molecule has 0 heterocycles. The van der Waals surface area contributed by atoms with Crippen molar-refractivity contribution in [2.24, 2.45) is 0 Å². The molecule has 1 rings (SSSR count). The van der Waals surface area contributed by atoms with E-state index in [1.807, 2.05) is 19.1 Å². The Labute approximate surface area is 115 Å². The number of hydrogen-bond donors (Lipinski definition) is 2. The lowest BCUT2D eigenvalue weighted by Gasteiger charge is -2.24. The summed E-state index contributed by atoms with van der Waals surface area (Å²) in [6.45, 7) is 1.94. The Kier molecular flexibility index (Phi) is 5.07. The third-order valence-electron chi connectivity index (χ3n) is 2.21. The summed E-state index contributed by atoms with van der Waals surface area (Å²) in [5.74, 6) is -0.296. The first-order chi connectivity index (χ1) is 7.84. The summed E-state index contributed by atoms with van der Waals surface area (Å²) in [6, 6.07) is 7.13. The van der Waals surface area contributed by atoms with Gasteiger partial charge < -0.3 is 5.32 Å². The Hall–Kier alpha value is -0.480. The summed E-state index contributed by atoms with van der Waals surface area (Å²) in [6.07, 6.45) is -0.749. The van der Waals surface area contributed by atoms with E-state index in [1.54, 1.807) is 19.2 Å². The van der Waals surface area contributed by atoms with E-state index >= 15 is 0 Å². The van der Waals surface area contributed by atoms with Gasteiger partial charge in [-0.2, -0.15) is 0 Å². The Bertz CT molecular complexity index is 387. The average Bonchev–Trinajstić information content (AvgIpc) is 2.24. The largest absolute Gasteiger partial charge is 0.333 e. The number of halogens is 3. The number of carbonyl (C=O) groups excluding carboxylic acids is 1. The molecule has 1 atom stereocenters. The predicted octanol–water partition coefficient (Wildman–Crippen LogP) is 2.64. The average molecular weight is 296 g/mol. The van der Waals surface area contributed by atoms with E-state index in [2.05, 4.69) is 10.6 Å². The summed E-state index contributed by atoms with van der Waals surface area (Å²) < 4.78 is -1.60. The molecule has 0 bridgehead atoms. The molecule has 0 aliphatic rings. The van der Waals surface area contributed by atoms with Gasteiger partial charge in [-0.1, -0.05) is 52.5 Å². The van der Waals surface area contributed by atoms with Crippen LogP contribution in [0, 0.1) is 6.92 Å². The van der Waals surface area contributed by atoms with E-state index in [4.69, 9.17) is 34.8 Å². The third-order valence-corrected chi connectivity index (χ3v) is 2.86. The highest BCUT2D eigenvalue weighted by molar-refractivity contribution is 6.68. The van der Waals surface area contributed by atoms with Crippen LogP contribution in [0.4, 0.5) is 0 Å². The second-order valence-electron chi connectivity index (χ2n) is 3.60. The lowest BCUT2D eigenvalue weighted by Crippen LogP contribution is -2.51. The van der Waals surface area contributed by atoms with Gasteiger partial charge in [-0.25, -0.2) is 0 Å². The van der Waals surface area contributed by atoms with E-state index in [1.165, 1.54) is 0 Å². The zero-order valence-electron chi connectivity index (χ0n) is 9.43. The lowest BCUT2D eigenvalue weighted by atomic mass is 10.1. The molecule has 0 aliphatic carbocycles. The van der Waals surface area contributed by atoms with Gasteiger partial charge in [0.25, 0.3) is 5.91 Å². The SMILES string of the molecule is CN[C@@H](NC(=O)c1ccc(C)cc1)C(Cl)(Cl)Cl. The Morgan fingerprint density at radius 2 is 1.76 bits per heavy atom. The summed E-state index contributed by atoms with van der Waals surface area (Å²) >= 11 is 17.1. The molecule has 2 N–H and O–H groups in total. The van der Waals surface area contributed by atoms with E-state index in [0.29, 0.717) is 5.56 Å². The zero-order valence-corrected chi connectivity index (χ0v) is 11.7. The predicted molar refractivity (Wildman–Crippen MR) is 71.8 cm³/mol. The van der Waals surface area contributed by atoms with Crippen LogP contribution < -0.4 is 10.6 Å². The van der Waals surface area contributed by atoms with Crippen LogP contribution in [0.1, 0.15) is 15.9 Å². The van der Waals surface area contributed by atoms with Gasteiger partial charge in [-0.3, -0.25) is 10.1 Å². The molecular formula is C11H13Cl3N2O. The molecule has 0 radical (unpaired) electrons. The second-order valence-corrected chi connectivity index (χ2v) is 5.97. The van der Waals surface area contributed by atoms with Gasteiger partial charge in [0.15, 0.2) is 0 Å². The van der Waals surface area contributed by atoms with Gasteiger partial charge in [0, 0.05) is 5.56 Å². The minimum atomic E-state index is -1.60. The lowest BCUT2D eigenvalue weighted by molar-refractivity contribution is 0.0931. The third kappa shape index (κ3) is 4.36. The first-order valence-electron chi connectivity index (χ1n) is 4.96. The standard InChI is InChI=1S/C11H13Cl3N2O/c1-7-3-5-8(6-4-7)9(17)16-10(15-2)11(12,13)14/h3-6,10,15H,1-2H3,(H,16,17)/t10-/m0/s1. The number of benzene rings is 1. The molecule has 0 aliphatic heterocycles. The highest BCUT2D eigenvalue weighted by Gasteiger charge is 2.32. The van der Waals surface area contributed by atoms with Crippen molar-refractivity contribution in [3.05, 3.63) is 35.4 Å². The smallest absolute Gasteiger partial charge is 0.252 e. The van der Waals surface area contributed by atoms with Crippen molar-refractivity contribution in [2.75, 3.05) is 7.05 Å². The molecule has 1 aromatic carbocycles. The first kappa shape index (κ1) is 14.6. The molecule has 0 spiro atoms. The maximum atomic E-state index is 11.8. The van der Waals surface area contributed by atoms with Crippen LogP contribution in [-0.4, -0.2) is 22.9 Å². The van der Waals surface area contributed by atoms with Crippen LogP contribution >= 0.6 is 34.8 Å². The van der Waals surface area contributed by atoms with Crippen LogP contribution in [0.5, 0.6) is 0 Å². The molecule has 0 fully saturated rings. The minimum absolute atomic E-state index is 0.296. The van der Waals surface area contributed by atoms with E-state index in [9.17, 15) is 4.79 Å². The fourth-order valence-electron chi connectivity index (χ4n) is 1.24. The van der Waals surface area contributed by atoms with Crippen LogP contribution in [0.15, 0.2) is 24.3 Å². The van der Waals surface area contributed by atoms with Gasteiger partial charge >= 0.3 is 0 Å². The van der Waals surface area contributed by atoms with Crippen LogP contribution in [0.3, 0.4) is 0 Å². The van der Waals surface area contributed by atoms with Crippen LogP contribution in [-0.2, 0) is 0 Å². The normalized spacial score (nSPS) is 13.2. The molecule has 1 amide bonds.